The van der Waals surface area contributed by atoms with E-state index in [2.05, 4.69) is 119 Å². The number of nitrogens with one attached hydrogen (secondary N) is 4. The Kier molecular flexibility index (Phi) is 16.9. The predicted molar refractivity (Wildman–Crippen MR) is 258 cm³/mol. The first-order valence-corrected chi connectivity index (χ1v) is 22.8. The Labute approximate surface area is 387 Å². The van der Waals surface area contributed by atoms with Crippen molar-refractivity contribution < 1.29 is 28.7 Å². The number of ether oxygens (including phenoxy) is 2. The second kappa shape index (κ2) is 22.9. The van der Waals surface area contributed by atoms with Gasteiger partial charge < -0.3 is 39.9 Å². The summed E-state index contributed by atoms with van der Waals surface area (Å²) in [4.78, 5) is 70.1. The molecular weight excluding hydrogens is 833 g/mol. The van der Waals surface area contributed by atoms with Gasteiger partial charge >= 0.3 is 6.09 Å². The average molecular weight is 897 g/mol. The van der Waals surface area contributed by atoms with Gasteiger partial charge in [-0.25, -0.2) is 14.8 Å². The normalized spacial score (nSPS) is 16.2. The number of carbonyl (C=O) groups excluding carboxylic acids is 4. The number of hydrogen-bond acceptors (Lipinski definition) is 8. The van der Waals surface area contributed by atoms with E-state index < -0.39 is 12.1 Å². The smallest absolute Gasteiger partial charge is 0.407 e. The van der Waals surface area contributed by atoms with Crippen LogP contribution in [0.5, 0.6) is 0 Å². The third-order valence-electron chi connectivity index (χ3n) is 12.0. The molecule has 0 bridgehead atoms. The fraction of sp³-hybridized carbons (Fsp3) is 0.385. The Bertz CT molecular complexity index is 2530. The molecule has 2 aliphatic rings. The van der Waals surface area contributed by atoms with Crippen LogP contribution in [0.1, 0.15) is 89.1 Å². The van der Waals surface area contributed by atoms with Crippen molar-refractivity contribution in [3.05, 3.63) is 121 Å². The third-order valence-corrected chi connectivity index (χ3v) is 12.0. The van der Waals surface area contributed by atoms with Gasteiger partial charge in [0.25, 0.3) is 5.91 Å². The SMILES string of the molecule is CCC.CC[C@@H]1CCN(C(=O)C(NC(=O)OC)c2ccccc2)[C@@H]1c1ncc(-c2ccc(-c3ccc4cc(-c5cnc(CN(CC6(C)CC6)C(=O)CNC=O)[nH]5)ccc4c3)cc2)[nH]1.COC. The van der Waals surface area contributed by atoms with Crippen LogP contribution in [-0.2, 0) is 30.4 Å². The first-order chi connectivity index (χ1) is 32.0. The van der Waals surface area contributed by atoms with Crippen molar-refractivity contribution in [2.24, 2.45) is 11.3 Å². The lowest BCUT2D eigenvalue weighted by Crippen LogP contribution is -2.43. The fourth-order valence-corrected chi connectivity index (χ4v) is 8.32. The van der Waals surface area contributed by atoms with Crippen molar-refractivity contribution >= 4 is 35.1 Å². The minimum Gasteiger partial charge on any atom is -0.453 e. The number of imidazole rings is 2. The first-order valence-electron chi connectivity index (χ1n) is 22.8. The number of benzene rings is 4. The van der Waals surface area contributed by atoms with Gasteiger partial charge in [0.05, 0.1) is 50.0 Å². The minimum atomic E-state index is -0.888. The number of aromatic nitrogens is 4. The molecular formula is C52H64N8O6. The van der Waals surface area contributed by atoms with Gasteiger partial charge in [-0.15, -0.1) is 0 Å². The van der Waals surface area contributed by atoms with Crippen LogP contribution in [-0.4, -0.2) is 95.0 Å². The molecule has 4 N–H and O–H groups in total. The van der Waals surface area contributed by atoms with E-state index in [1.54, 1.807) is 25.3 Å². The second-order valence-corrected chi connectivity index (χ2v) is 17.4. The van der Waals surface area contributed by atoms with Crippen LogP contribution in [0.4, 0.5) is 4.79 Å². The van der Waals surface area contributed by atoms with Gasteiger partial charge in [-0.3, -0.25) is 14.4 Å². The summed E-state index contributed by atoms with van der Waals surface area (Å²) in [6.07, 6.45) is 8.64. The average Bonchev–Trinajstić information content (AvgIpc) is 3.72. The highest BCUT2D eigenvalue weighted by atomic mass is 16.5. The summed E-state index contributed by atoms with van der Waals surface area (Å²) in [5.74, 6) is 1.30. The predicted octanol–water partition coefficient (Wildman–Crippen LogP) is 9.24. The number of fused-ring (bicyclic) bond motifs is 1. The van der Waals surface area contributed by atoms with Crippen molar-refractivity contribution in [1.82, 2.24) is 40.4 Å². The van der Waals surface area contributed by atoms with Crippen molar-refractivity contribution in [2.45, 2.75) is 78.4 Å². The zero-order valence-electron chi connectivity index (χ0n) is 39.2. The van der Waals surface area contributed by atoms with E-state index in [1.165, 1.54) is 13.5 Å². The number of methoxy groups -OCH3 is 2. The Morgan fingerprint density at radius 1 is 0.848 bits per heavy atom. The van der Waals surface area contributed by atoms with E-state index >= 15 is 0 Å². The van der Waals surface area contributed by atoms with Crippen LogP contribution in [0.15, 0.2) is 103 Å². The first kappa shape index (κ1) is 48.7. The lowest BCUT2D eigenvalue weighted by molar-refractivity contribution is -0.135. The molecule has 3 atom stereocenters. The van der Waals surface area contributed by atoms with Crippen molar-refractivity contribution in [3.63, 3.8) is 0 Å². The minimum absolute atomic E-state index is 0.0322. The van der Waals surface area contributed by atoms with Gasteiger partial charge in [0.15, 0.2) is 0 Å². The van der Waals surface area contributed by atoms with Crippen LogP contribution in [0.2, 0.25) is 0 Å². The Morgan fingerprint density at radius 3 is 2.09 bits per heavy atom. The number of hydrogen-bond donors (Lipinski definition) is 4. The number of carbonyl (C=O) groups is 4. The van der Waals surface area contributed by atoms with Gasteiger partial charge in [-0.05, 0) is 75.8 Å². The fourth-order valence-electron chi connectivity index (χ4n) is 8.32. The molecule has 348 valence electrons. The summed E-state index contributed by atoms with van der Waals surface area (Å²) >= 11 is 0. The number of H-pyrrole nitrogens is 2. The third kappa shape index (κ3) is 12.1. The van der Waals surface area contributed by atoms with Crippen molar-refractivity contribution in [2.75, 3.05) is 41.0 Å². The molecule has 0 radical (unpaired) electrons. The molecule has 14 nitrogen and oxygen atoms in total. The van der Waals surface area contributed by atoms with Crippen molar-refractivity contribution in [1.29, 1.82) is 0 Å². The number of nitrogens with zero attached hydrogens (tertiary/aromatic N) is 4. The molecule has 1 saturated carbocycles. The largest absolute Gasteiger partial charge is 0.453 e. The molecule has 1 unspecified atom stereocenters. The zero-order valence-corrected chi connectivity index (χ0v) is 39.2. The standard InChI is InChI=1S/C47H50N8O5.C3H8.C2H6O/c1-4-30-18-21-55(45(58)42(53-46(59)60-3)33-8-6-5-7-9-33)43(30)44-50-25-38(52-44)32-12-10-31(11-13-32)34-14-15-36-23-37(17-16-35(36)22-34)39-24-49-40(51-39)27-54(28-47(2)19-20-47)41(57)26-48-29-56;2*1-3-2/h5-17,22-25,29-30,42-43H,4,18-21,26-28H2,1-3H3,(H,48,56)(H,49,51)(H,50,52)(H,53,59);3H2,1-2H3;1-2H3/t30-,42?,43+;;/m1../s1. The van der Waals surface area contributed by atoms with Crippen LogP contribution in [0, 0.1) is 11.3 Å². The molecule has 1 saturated heterocycles. The summed E-state index contributed by atoms with van der Waals surface area (Å²) < 4.78 is 9.12. The van der Waals surface area contributed by atoms with Gasteiger partial charge in [-0.1, -0.05) is 119 Å². The molecule has 4 aromatic carbocycles. The quantitative estimate of drug-likeness (QED) is 0.0738. The number of likely N-dealkylation sites (tertiary alicyclic amines) is 1. The topological polar surface area (TPSA) is 175 Å². The van der Waals surface area contributed by atoms with Gasteiger partial charge in [-0.2, -0.15) is 0 Å². The molecule has 3 heterocycles. The zero-order chi connectivity index (χ0) is 47.2. The van der Waals surface area contributed by atoms with E-state index in [4.69, 9.17) is 9.72 Å². The molecule has 1 aliphatic heterocycles. The molecule has 2 fully saturated rings. The molecule has 14 heteroatoms. The maximum Gasteiger partial charge on any atom is 0.407 e. The molecule has 0 spiro atoms. The summed E-state index contributed by atoms with van der Waals surface area (Å²) in [6, 6.07) is 29.2. The van der Waals surface area contributed by atoms with Gasteiger partial charge in [0.2, 0.25) is 12.3 Å². The Balaban J connectivity index is 0.00000114. The van der Waals surface area contributed by atoms with E-state index in [-0.39, 0.29) is 35.7 Å². The van der Waals surface area contributed by atoms with E-state index in [0.717, 1.165) is 75.9 Å². The van der Waals surface area contributed by atoms with E-state index in [0.29, 0.717) is 37.4 Å². The summed E-state index contributed by atoms with van der Waals surface area (Å²) in [7, 11) is 4.54. The van der Waals surface area contributed by atoms with Crippen molar-refractivity contribution in [3.8, 4) is 33.6 Å². The summed E-state index contributed by atoms with van der Waals surface area (Å²) in [5.41, 5.74) is 6.68. The van der Waals surface area contributed by atoms with Gasteiger partial charge in [0.1, 0.15) is 17.7 Å². The summed E-state index contributed by atoms with van der Waals surface area (Å²) in [6.45, 7) is 10.1. The Hall–Kier alpha value is -6.80. The molecule has 4 amide bonds. The monoisotopic (exact) mass is 896 g/mol. The van der Waals surface area contributed by atoms with Gasteiger partial charge in [0, 0.05) is 32.9 Å². The molecule has 1 aliphatic carbocycles. The maximum absolute atomic E-state index is 14.2. The molecule has 8 rings (SSSR count). The number of aromatic amines is 2. The van der Waals surface area contributed by atoms with E-state index in [9.17, 15) is 19.2 Å². The maximum atomic E-state index is 14.2. The van der Waals surface area contributed by atoms with Crippen LogP contribution in [0.3, 0.4) is 0 Å². The molecule has 66 heavy (non-hydrogen) atoms. The van der Waals surface area contributed by atoms with Crippen LogP contribution in [0.25, 0.3) is 44.4 Å². The number of amides is 4. The highest BCUT2D eigenvalue weighted by Crippen LogP contribution is 2.46. The molecule has 6 aromatic rings. The Morgan fingerprint density at radius 2 is 1.45 bits per heavy atom. The molecule has 2 aromatic heterocycles. The lowest BCUT2D eigenvalue weighted by Gasteiger charge is -2.30. The number of alkyl carbamates (subject to hydrolysis) is 1. The highest BCUT2D eigenvalue weighted by molar-refractivity contribution is 5.91. The number of rotatable bonds is 15. The second-order valence-electron chi connectivity index (χ2n) is 17.4. The highest BCUT2D eigenvalue weighted by Gasteiger charge is 2.42. The summed E-state index contributed by atoms with van der Waals surface area (Å²) in [5, 5.41) is 7.44. The van der Waals surface area contributed by atoms with Crippen LogP contribution >= 0.6 is 0 Å². The van der Waals surface area contributed by atoms with Crippen LogP contribution < -0.4 is 10.6 Å². The lowest BCUT2D eigenvalue weighted by atomic mass is 9.96. The van der Waals surface area contributed by atoms with E-state index in [1.807, 2.05) is 41.4 Å².